The van der Waals surface area contributed by atoms with Crippen LogP contribution in [0.25, 0.3) is 0 Å². The Balaban J connectivity index is 2.99. The minimum atomic E-state index is -0.595. The molecule has 0 aliphatic heterocycles. The third-order valence-corrected chi connectivity index (χ3v) is 2.93. The summed E-state index contributed by atoms with van der Waals surface area (Å²) in [4.78, 5) is 11.8. The summed E-state index contributed by atoms with van der Waals surface area (Å²) in [6.45, 7) is 3.40. The number of ether oxygens (including phenoxy) is 2. The van der Waals surface area contributed by atoms with E-state index >= 15 is 0 Å². The molecule has 0 saturated carbocycles. The van der Waals surface area contributed by atoms with Crippen molar-refractivity contribution in [3.63, 3.8) is 0 Å². The van der Waals surface area contributed by atoms with Crippen molar-refractivity contribution in [1.82, 2.24) is 0 Å². The maximum Gasteiger partial charge on any atom is 0.228 e. The number of hydrogen-bond donors (Lipinski definition) is 2. The Morgan fingerprint density at radius 2 is 1.79 bits per heavy atom. The molecule has 1 amide bonds. The van der Waals surface area contributed by atoms with Crippen LogP contribution < -0.4 is 20.5 Å². The molecule has 1 aromatic carbocycles. The zero-order valence-corrected chi connectivity index (χ0v) is 11.5. The Labute approximate surface area is 111 Å². The summed E-state index contributed by atoms with van der Waals surface area (Å²) in [6.07, 6.45) is 0. The van der Waals surface area contributed by atoms with E-state index in [2.05, 4.69) is 5.32 Å². The highest BCUT2D eigenvalue weighted by atomic mass is 19.1. The van der Waals surface area contributed by atoms with Gasteiger partial charge in [0.25, 0.3) is 0 Å². The van der Waals surface area contributed by atoms with Gasteiger partial charge in [-0.05, 0) is 6.92 Å². The largest absolute Gasteiger partial charge is 0.493 e. The van der Waals surface area contributed by atoms with Gasteiger partial charge < -0.3 is 20.5 Å². The zero-order valence-electron chi connectivity index (χ0n) is 11.5. The molecule has 0 aliphatic rings. The van der Waals surface area contributed by atoms with Gasteiger partial charge in [-0.2, -0.15) is 0 Å². The predicted molar refractivity (Wildman–Crippen MR) is 70.9 cm³/mol. The second kappa shape index (κ2) is 6.38. The fourth-order valence-electron chi connectivity index (χ4n) is 1.44. The molecule has 0 spiro atoms. The van der Waals surface area contributed by atoms with E-state index in [0.717, 1.165) is 6.07 Å². The summed E-state index contributed by atoms with van der Waals surface area (Å²) in [6, 6.07) is 2.22. The van der Waals surface area contributed by atoms with Gasteiger partial charge in [0, 0.05) is 18.2 Å². The van der Waals surface area contributed by atoms with E-state index in [0.29, 0.717) is 5.75 Å². The summed E-state index contributed by atoms with van der Waals surface area (Å²) < 4.78 is 23.8. The number of amides is 1. The lowest BCUT2D eigenvalue weighted by Gasteiger charge is -2.17. The molecule has 6 heteroatoms. The highest BCUT2D eigenvalue weighted by Gasteiger charge is 2.19. The number of halogens is 1. The molecular weight excluding hydrogens is 251 g/mol. The van der Waals surface area contributed by atoms with Crippen molar-refractivity contribution in [1.29, 1.82) is 0 Å². The molecule has 2 atom stereocenters. The number of methoxy groups -OCH3 is 2. The van der Waals surface area contributed by atoms with Gasteiger partial charge in [0.15, 0.2) is 17.3 Å². The van der Waals surface area contributed by atoms with Crippen molar-refractivity contribution < 1.29 is 18.7 Å². The maximum atomic E-state index is 13.8. The molecule has 19 heavy (non-hydrogen) atoms. The van der Waals surface area contributed by atoms with E-state index in [1.807, 2.05) is 0 Å². The molecule has 1 rings (SSSR count). The third-order valence-electron chi connectivity index (χ3n) is 2.93. The molecule has 106 valence electrons. The van der Waals surface area contributed by atoms with E-state index in [-0.39, 0.29) is 23.4 Å². The lowest BCUT2D eigenvalue weighted by atomic mass is 10.0. The Morgan fingerprint density at radius 3 is 2.26 bits per heavy atom. The van der Waals surface area contributed by atoms with E-state index in [4.69, 9.17) is 15.2 Å². The number of rotatable bonds is 5. The quantitative estimate of drug-likeness (QED) is 0.855. The van der Waals surface area contributed by atoms with Gasteiger partial charge in [-0.3, -0.25) is 4.79 Å². The van der Waals surface area contributed by atoms with Gasteiger partial charge in [0.2, 0.25) is 5.91 Å². The lowest BCUT2D eigenvalue weighted by Crippen LogP contribution is -2.34. The first-order valence-electron chi connectivity index (χ1n) is 5.88. The van der Waals surface area contributed by atoms with E-state index in [1.54, 1.807) is 13.8 Å². The Bertz CT molecular complexity index is 463. The van der Waals surface area contributed by atoms with Crippen molar-refractivity contribution >= 4 is 11.6 Å². The van der Waals surface area contributed by atoms with Crippen molar-refractivity contribution in [2.45, 2.75) is 19.9 Å². The van der Waals surface area contributed by atoms with Gasteiger partial charge in [0.1, 0.15) is 0 Å². The number of carbonyl (C=O) groups excluding carboxylic acids is 1. The second-order valence-corrected chi connectivity index (χ2v) is 4.32. The smallest absolute Gasteiger partial charge is 0.228 e. The molecular formula is C13H19FN2O3. The Morgan fingerprint density at radius 1 is 1.26 bits per heavy atom. The van der Waals surface area contributed by atoms with Gasteiger partial charge >= 0.3 is 0 Å². The Hall–Kier alpha value is -1.82. The number of carbonyl (C=O) groups is 1. The molecule has 0 aromatic heterocycles. The van der Waals surface area contributed by atoms with Gasteiger partial charge in [0.05, 0.1) is 25.8 Å². The minimum Gasteiger partial charge on any atom is -0.493 e. The number of anilines is 1. The molecule has 1 aromatic rings. The van der Waals surface area contributed by atoms with Crippen LogP contribution in [0.5, 0.6) is 11.5 Å². The molecule has 5 nitrogen and oxygen atoms in total. The van der Waals surface area contributed by atoms with Gasteiger partial charge in [-0.1, -0.05) is 6.92 Å². The summed E-state index contributed by atoms with van der Waals surface area (Å²) >= 11 is 0. The van der Waals surface area contributed by atoms with Crippen LogP contribution in [-0.2, 0) is 4.79 Å². The highest BCUT2D eigenvalue weighted by Crippen LogP contribution is 2.32. The standard InChI is InChI=1S/C13H19FN2O3/c1-7(8(2)15)13(17)16-10-6-12(19-4)11(18-3)5-9(10)14/h5-8H,15H2,1-4H3,(H,16,17). The normalized spacial score (nSPS) is 13.6. The van der Waals surface area contributed by atoms with Crippen molar-refractivity contribution in [2.75, 3.05) is 19.5 Å². The molecule has 0 fully saturated rings. The molecule has 3 N–H and O–H groups in total. The van der Waals surface area contributed by atoms with E-state index in [9.17, 15) is 9.18 Å². The zero-order chi connectivity index (χ0) is 14.6. The monoisotopic (exact) mass is 270 g/mol. The van der Waals surface area contributed by atoms with Crippen LogP contribution in [0.2, 0.25) is 0 Å². The van der Waals surface area contributed by atoms with E-state index < -0.39 is 11.7 Å². The van der Waals surface area contributed by atoms with E-state index in [1.165, 1.54) is 20.3 Å². The second-order valence-electron chi connectivity index (χ2n) is 4.32. The summed E-state index contributed by atoms with van der Waals surface area (Å²) in [5.41, 5.74) is 5.67. The van der Waals surface area contributed by atoms with Crippen LogP contribution in [0.3, 0.4) is 0 Å². The van der Waals surface area contributed by atoms with Crippen LogP contribution in [-0.4, -0.2) is 26.2 Å². The molecule has 0 saturated heterocycles. The van der Waals surface area contributed by atoms with Gasteiger partial charge in [-0.15, -0.1) is 0 Å². The predicted octanol–water partition coefficient (Wildman–Crippen LogP) is 1.76. The fourth-order valence-corrected chi connectivity index (χ4v) is 1.44. The lowest BCUT2D eigenvalue weighted by molar-refractivity contribution is -0.119. The summed E-state index contributed by atoms with van der Waals surface area (Å²) in [5.74, 6) is -0.762. The van der Waals surface area contributed by atoms with Crippen molar-refractivity contribution in [2.24, 2.45) is 11.7 Å². The third kappa shape index (κ3) is 3.57. The SMILES string of the molecule is COc1cc(F)c(NC(=O)C(C)C(C)N)cc1OC. The number of hydrogen-bond acceptors (Lipinski definition) is 4. The average molecular weight is 270 g/mol. The topological polar surface area (TPSA) is 73.6 Å². The van der Waals surface area contributed by atoms with Crippen molar-refractivity contribution in [3.8, 4) is 11.5 Å². The first-order chi connectivity index (χ1) is 8.90. The first-order valence-corrected chi connectivity index (χ1v) is 5.88. The average Bonchev–Trinajstić information content (AvgIpc) is 2.39. The van der Waals surface area contributed by atoms with Crippen LogP contribution >= 0.6 is 0 Å². The molecule has 2 unspecified atom stereocenters. The molecule has 0 bridgehead atoms. The summed E-state index contributed by atoms with van der Waals surface area (Å²) in [7, 11) is 2.85. The van der Waals surface area contributed by atoms with Crippen LogP contribution in [0, 0.1) is 11.7 Å². The summed E-state index contributed by atoms with van der Waals surface area (Å²) in [5, 5.41) is 2.49. The van der Waals surface area contributed by atoms with Crippen molar-refractivity contribution in [3.05, 3.63) is 17.9 Å². The minimum absolute atomic E-state index is 0.0372. The molecule has 0 aliphatic carbocycles. The molecule has 0 radical (unpaired) electrons. The highest BCUT2D eigenvalue weighted by molar-refractivity contribution is 5.93. The molecule has 0 heterocycles. The van der Waals surface area contributed by atoms with Gasteiger partial charge in [-0.25, -0.2) is 4.39 Å². The maximum absolute atomic E-state index is 13.8. The number of benzene rings is 1. The van der Waals surface area contributed by atoms with Crippen LogP contribution in [0.15, 0.2) is 12.1 Å². The fraction of sp³-hybridized carbons (Fsp3) is 0.462. The van der Waals surface area contributed by atoms with Crippen LogP contribution in [0.1, 0.15) is 13.8 Å². The number of nitrogens with two attached hydrogens (primary N) is 1. The number of nitrogens with one attached hydrogen (secondary N) is 1. The Kier molecular flexibility index (Phi) is 5.11. The van der Waals surface area contributed by atoms with Crippen LogP contribution in [0.4, 0.5) is 10.1 Å². The first kappa shape index (κ1) is 15.2.